The molecule has 0 atom stereocenters. The van der Waals surface area contributed by atoms with Crippen LogP contribution in [-0.2, 0) is 9.59 Å². The second-order valence-electron chi connectivity index (χ2n) is 7.68. The van der Waals surface area contributed by atoms with Crippen molar-refractivity contribution in [2.24, 2.45) is 0 Å². The lowest BCUT2D eigenvalue weighted by molar-refractivity contribution is -0.384. The molecule has 3 heterocycles. The van der Waals surface area contributed by atoms with Crippen LogP contribution in [0.15, 0.2) is 39.7 Å². The van der Waals surface area contributed by atoms with Crippen molar-refractivity contribution in [1.29, 1.82) is 0 Å². The molecule has 0 spiro atoms. The molecule has 0 N–H and O–H groups in total. The topological polar surface area (TPSA) is 114 Å². The Morgan fingerprint density at radius 3 is 2.58 bits per heavy atom. The Bertz CT molecular complexity index is 1150. The average molecular weight is 490 g/mol. The van der Waals surface area contributed by atoms with Crippen LogP contribution < -0.4 is 0 Å². The lowest BCUT2D eigenvalue weighted by Gasteiger charge is -2.22. The molecule has 33 heavy (non-hydrogen) atoms. The molecule has 2 saturated heterocycles. The highest BCUT2D eigenvalue weighted by molar-refractivity contribution is 8.18. The largest absolute Gasteiger partial charge is 0.456 e. The number of amides is 3. The van der Waals surface area contributed by atoms with E-state index in [9.17, 15) is 24.5 Å². The number of thioether (sulfide) groups is 1. The number of likely N-dealkylation sites (tertiary alicyclic amines) is 1. The van der Waals surface area contributed by atoms with Gasteiger partial charge in [0.1, 0.15) is 18.1 Å². The second kappa shape index (κ2) is 9.80. The first-order valence-corrected chi connectivity index (χ1v) is 11.6. The van der Waals surface area contributed by atoms with Gasteiger partial charge in [-0.1, -0.05) is 24.4 Å². The molecule has 4 rings (SSSR count). The van der Waals surface area contributed by atoms with Gasteiger partial charge in [0, 0.05) is 30.3 Å². The predicted molar refractivity (Wildman–Crippen MR) is 124 cm³/mol. The zero-order chi connectivity index (χ0) is 23.5. The monoisotopic (exact) mass is 489 g/mol. The molecule has 0 saturated carbocycles. The molecule has 2 fully saturated rings. The Balaban J connectivity index is 1.50. The minimum Gasteiger partial charge on any atom is -0.456 e. The van der Waals surface area contributed by atoms with Gasteiger partial charge in [-0.05, 0) is 48.9 Å². The molecule has 0 unspecified atom stereocenters. The summed E-state index contributed by atoms with van der Waals surface area (Å²) in [6, 6.07) is 7.30. The van der Waals surface area contributed by atoms with Gasteiger partial charge in [0.25, 0.3) is 16.8 Å². The average Bonchev–Trinajstić information content (AvgIpc) is 3.21. The van der Waals surface area contributed by atoms with Gasteiger partial charge in [-0.25, -0.2) is 0 Å². The molecule has 9 nitrogen and oxygen atoms in total. The molecule has 2 aromatic rings. The van der Waals surface area contributed by atoms with Crippen molar-refractivity contribution in [2.45, 2.75) is 25.7 Å². The Kier molecular flexibility index (Phi) is 6.85. The van der Waals surface area contributed by atoms with Gasteiger partial charge in [0.15, 0.2) is 0 Å². The summed E-state index contributed by atoms with van der Waals surface area (Å²) in [5.74, 6) is -0.335. The van der Waals surface area contributed by atoms with E-state index in [-0.39, 0.29) is 45.2 Å². The second-order valence-corrected chi connectivity index (χ2v) is 9.11. The third-order valence-corrected chi connectivity index (χ3v) is 6.59. The number of carbonyl (C=O) groups is 3. The summed E-state index contributed by atoms with van der Waals surface area (Å²) in [4.78, 5) is 51.3. The molecular weight excluding hydrogens is 470 g/mol. The number of nitrogens with zero attached hydrogens (tertiary/aromatic N) is 3. The molecule has 2 aliphatic rings. The number of carbonyl (C=O) groups excluding carboxylic acids is 3. The number of furan rings is 1. The van der Waals surface area contributed by atoms with Crippen molar-refractivity contribution in [3.05, 3.63) is 56.1 Å². The summed E-state index contributed by atoms with van der Waals surface area (Å²) in [7, 11) is 0. The van der Waals surface area contributed by atoms with E-state index < -0.39 is 16.1 Å². The fraction of sp³-hybridized carbons (Fsp3) is 0.318. The summed E-state index contributed by atoms with van der Waals surface area (Å²) in [6.45, 7) is 0.982. The van der Waals surface area contributed by atoms with Gasteiger partial charge in [0.2, 0.25) is 5.91 Å². The first-order valence-electron chi connectivity index (χ1n) is 10.4. The molecule has 0 radical (unpaired) electrons. The van der Waals surface area contributed by atoms with E-state index in [4.69, 9.17) is 16.0 Å². The standard InChI is InChI=1S/C22H20ClN3O6S/c23-14-5-7-16(17(11-14)26(30)31)18-8-6-15(32-18)12-19-21(28)25(22(29)33-19)13-20(27)24-9-3-1-2-4-10-24/h5-8,11-12H,1-4,9-10,13H2. The van der Waals surface area contributed by atoms with E-state index in [1.807, 2.05) is 0 Å². The number of rotatable bonds is 5. The summed E-state index contributed by atoms with van der Waals surface area (Å²) in [5, 5.41) is 11.0. The Morgan fingerprint density at radius 2 is 1.88 bits per heavy atom. The maximum Gasteiger partial charge on any atom is 0.294 e. The van der Waals surface area contributed by atoms with Crippen molar-refractivity contribution >= 4 is 52.2 Å². The maximum atomic E-state index is 12.8. The van der Waals surface area contributed by atoms with E-state index in [0.717, 1.165) is 42.3 Å². The number of halogens is 1. The highest BCUT2D eigenvalue weighted by Gasteiger charge is 2.37. The molecule has 2 aliphatic heterocycles. The van der Waals surface area contributed by atoms with Gasteiger partial charge in [-0.15, -0.1) is 0 Å². The molecule has 0 aliphatic carbocycles. The number of benzene rings is 1. The van der Waals surface area contributed by atoms with Crippen LogP contribution in [0, 0.1) is 10.1 Å². The zero-order valence-electron chi connectivity index (χ0n) is 17.5. The molecule has 172 valence electrons. The van der Waals surface area contributed by atoms with Gasteiger partial charge in [-0.3, -0.25) is 29.4 Å². The smallest absolute Gasteiger partial charge is 0.294 e. The number of nitro benzene ring substituents is 1. The summed E-state index contributed by atoms with van der Waals surface area (Å²) in [6.07, 6.45) is 5.36. The highest BCUT2D eigenvalue weighted by atomic mass is 35.5. The van der Waals surface area contributed by atoms with Crippen LogP contribution in [-0.4, -0.2) is 51.4 Å². The Morgan fingerprint density at radius 1 is 1.15 bits per heavy atom. The SMILES string of the molecule is O=C(CN1C(=O)SC(=Cc2ccc(-c3ccc(Cl)cc3[N+](=O)[O-])o2)C1=O)N1CCCCCC1. The Labute approximate surface area is 198 Å². The minimum absolute atomic E-state index is 0.121. The summed E-state index contributed by atoms with van der Waals surface area (Å²) in [5.41, 5.74) is 0.0240. The quantitative estimate of drug-likeness (QED) is 0.331. The van der Waals surface area contributed by atoms with Gasteiger partial charge in [0.05, 0.1) is 15.4 Å². The molecule has 3 amide bonds. The molecule has 1 aromatic heterocycles. The van der Waals surface area contributed by atoms with Crippen LogP contribution in [0.25, 0.3) is 17.4 Å². The van der Waals surface area contributed by atoms with E-state index in [1.165, 1.54) is 30.3 Å². The lowest BCUT2D eigenvalue weighted by atomic mass is 10.1. The third kappa shape index (κ3) is 5.12. The van der Waals surface area contributed by atoms with Crippen molar-refractivity contribution in [3.8, 4) is 11.3 Å². The number of imide groups is 1. The van der Waals surface area contributed by atoms with Gasteiger partial charge < -0.3 is 9.32 Å². The fourth-order valence-corrected chi connectivity index (χ4v) is 4.74. The molecule has 11 heteroatoms. The number of nitro groups is 1. The van der Waals surface area contributed by atoms with Crippen LogP contribution >= 0.6 is 23.4 Å². The summed E-state index contributed by atoms with van der Waals surface area (Å²) < 4.78 is 5.68. The zero-order valence-corrected chi connectivity index (χ0v) is 19.1. The van der Waals surface area contributed by atoms with E-state index in [0.29, 0.717) is 13.1 Å². The van der Waals surface area contributed by atoms with E-state index in [1.54, 1.807) is 11.0 Å². The van der Waals surface area contributed by atoms with E-state index in [2.05, 4.69) is 0 Å². The first-order chi connectivity index (χ1) is 15.8. The van der Waals surface area contributed by atoms with Crippen molar-refractivity contribution < 1.29 is 23.7 Å². The Hall–Kier alpha value is -3.11. The lowest BCUT2D eigenvalue weighted by Crippen LogP contribution is -2.42. The van der Waals surface area contributed by atoms with Crippen LogP contribution in [0.4, 0.5) is 10.5 Å². The third-order valence-electron chi connectivity index (χ3n) is 5.45. The number of hydrogen-bond donors (Lipinski definition) is 0. The van der Waals surface area contributed by atoms with Gasteiger partial charge >= 0.3 is 0 Å². The fourth-order valence-electron chi connectivity index (χ4n) is 3.76. The van der Waals surface area contributed by atoms with Gasteiger partial charge in [-0.2, -0.15) is 0 Å². The van der Waals surface area contributed by atoms with Crippen LogP contribution in [0.2, 0.25) is 5.02 Å². The van der Waals surface area contributed by atoms with Crippen molar-refractivity contribution in [1.82, 2.24) is 9.80 Å². The first kappa shape index (κ1) is 23.1. The summed E-state index contributed by atoms with van der Waals surface area (Å²) >= 11 is 6.58. The van der Waals surface area contributed by atoms with Crippen LogP contribution in [0.5, 0.6) is 0 Å². The number of hydrogen-bond acceptors (Lipinski definition) is 7. The minimum atomic E-state index is -0.566. The normalized spacial score (nSPS) is 18.2. The maximum absolute atomic E-state index is 12.8. The molecular formula is C22H20ClN3O6S. The molecule has 1 aromatic carbocycles. The van der Waals surface area contributed by atoms with Crippen LogP contribution in [0.1, 0.15) is 31.4 Å². The van der Waals surface area contributed by atoms with Crippen molar-refractivity contribution in [3.63, 3.8) is 0 Å². The van der Waals surface area contributed by atoms with E-state index >= 15 is 0 Å². The van der Waals surface area contributed by atoms with Crippen molar-refractivity contribution in [2.75, 3.05) is 19.6 Å². The highest BCUT2D eigenvalue weighted by Crippen LogP contribution is 2.36. The van der Waals surface area contributed by atoms with Crippen LogP contribution in [0.3, 0.4) is 0 Å². The molecule has 0 bridgehead atoms. The predicted octanol–water partition coefficient (Wildman–Crippen LogP) is 4.95.